The fourth-order valence-electron chi connectivity index (χ4n) is 8.66. The van der Waals surface area contributed by atoms with Crippen LogP contribution < -0.4 is 15.1 Å². The minimum absolute atomic E-state index is 0.0485. The second-order valence-electron chi connectivity index (χ2n) is 14.8. The molecule has 2 aromatic heterocycles. The first-order valence-corrected chi connectivity index (χ1v) is 18.6. The van der Waals surface area contributed by atoms with Crippen molar-refractivity contribution in [1.82, 2.24) is 25.1 Å². The maximum atomic E-state index is 15.6. The Labute approximate surface area is 309 Å². The Hall–Kier alpha value is -5.69. The number of piperazine rings is 1. The van der Waals surface area contributed by atoms with Gasteiger partial charge in [-0.3, -0.25) is 39.3 Å². The summed E-state index contributed by atoms with van der Waals surface area (Å²) in [6.07, 6.45) is 6.48. The molecule has 54 heavy (non-hydrogen) atoms. The Balaban J connectivity index is 0.770. The number of fused-ring (bicyclic) bond motifs is 4. The molecule has 4 amide bonds. The van der Waals surface area contributed by atoms with Crippen LogP contribution >= 0.6 is 0 Å². The van der Waals surface area contributed by atoms with E-state index in [1.54, 1.807) is 18.3 Å². The zero-order chi connectivity index (χ0) is 37.1. The number of imide groups is 2. The van der Waals surface area contributed by atoms with E-state index in [4.69, 9.17) is 0 Å². The summed E-state index contributed by atoms with van der Waals surface area (Å²) in [6.45, 7) is 5.35. The van der Waals surface area contributed by atoms with Gasteiger partial charge in [0.15, 0.2) is 0 Å². The molecule has 4 aliphatic rings. The molecule has 2 N–H and O–H groups in total. The monoisotopic (exact) mass is 731 g/mol. The number of hydrogen-bond donors (Lipinski definition) is 2. The van der Waals surface area contributed by atoms with Gasteiger partial charge in [-0.05, 0) is 91.7 Å². The summed E-state index contributed by atoms with van der Waals surface area (Å²) in [5.41, 5.74) is 4.56. The highest BCUT2D eigenvalue weighted by atomic mass is 19.1. The lowest BCUT2D eigenvalue weighted by atomic mass is 9.92. The van der Waals surface area contributed by atoms with E-state index in [1.165, 1.54) is 12.1 Å². The van der Waals surface area contributed by atoms with Gasteiger partial charge in [-0.1, -0.05) is 12.1 Å². The van der Waals surface area contributed by atoms with Crippen LogP contribution in [0.1, 0.15) is 52.8 Å². The average molecular weight is 732 g/mol. The molecule has 3 aromatic carbocycles. The molecule has 0 radical (unpaired) electrons. The summed E-state index contributed by atoms with van der Waals surface area (Å²) >= 11 is 0. The maximum Gasteiger partial charge on any atom is 0.262 e. The maximum absolute atomic E-state index is 15.6. The van der Waals surface area contributed by atoms with Crippen molar-refractivity contribution in [1.29, 1.82) is 0 Å². The molecular formula is C41H39F2N7O4. The quantitative estimate of drug-likeness (QED) is 0.211. The Morgan fingerprint density at radius 1 is 0.722 bits per heavy atom. The number of halogens is 2. The zero-order valence-electron chi connectivity index (χ0n) is 29.6. The highest BCUT2D eigenvalue weighted by Gasteiger charge is 2.45. The third-order valence-electron chi connectivity index (χ3n) is 11.7. The molecule has 3 fully saturated rings. The van der Waals surface area contributed by atoms with E-state index in [-0.39, 0.29) is 29.7 Å². The summed E-state index contributed by atoms with van der Waals surface area (Å²) in [6, 6.07) is 14.8. The topological polar surface area (TPSA) is 122 Å². The molecule has 11 nitrogen and oxygen atoms in total. The highest BCUT2D eigenvalue weighted by Crippen LogP contribution is 2.36. The largest absolute Gasteiger partial charge is 0.369 e. The summed E-state index contributed by atoms with van der Waals surface area (Å²) in [4.78, 5) is 65.4. The molecule has 1 unspecified atom stereocenters. The second kappa shape index (κ2) is 13.6. The van der Waals surface area contributed by atoms with E-state index >= 15 is 8.78 Å². The van der Waals surface area contributed by atoms with Crippen LogP contribution in [-0.4, -0.2) is 95.3 Å². The summed E-state index contributed by atoms with van der Waals surface area (Å²) in [5.74, 6) is -2.66. The van der Waals surface area contributed by atoms with Gasteiger partial charge in [0.1, 0.15) is 23.4 Å². The van der Waals surface area contributed by atoms with Crippen molar-refractivity contribution in [2.45, 2.75) is 38.1 Å². The van der Waals surface area contributed by atoms with Crippen molar-refractivity contribution in [3.05, 3.63) is 89.8 Å². The molecule has 9 rings (SSSR count). The van der Waals surface area contributed by atoms with E-state index in [2.05, 4.69) is 25.1 Å². The van der Waals surface area contributed by atoms with Gasteiger partial charge < -0.3 is 14.8 Å². The van der Waals surface area contributed by atoms with Crippen molar-refractivity contribution in [2.24, 2.45) is 5.92 Å². The number of carbonyl (C=O) groups excluding carboxylic acids is 4. The lowest BCUT2D eigenvalue weighted by Crippen LogP contribution is -2.54. The first kappa shape index (κ1) is 34.1. The lowest BCUT2D eigenvalue weighted by Gasteiger charge is -2.38. The van der Waals surface area contributed by atoms with E-state index < -0.39 is 41.3 Å². The van der Waals surface area contributed by atoms with Gasteiger partial charge in [-0.25, -0.2) is 8.78 Å². The number of piperidine rings is 2. The van der Waals surface area contributed by atoms with Crippen LogP contribution in [0.3, 0.4) is 0 Å². The number of carbonyl (C=O) groups is 4. The molecule has 13 heteroatoms. The van der Waals surface area contributed by atoms with Gasteiger partial charge in [0.25, 0.3) is 11.8 Å². The molecule has 5 aromatic rings. The number of amides is 4. The summed E-state index contributed by atoms with van der Waals surface area (Å²) in [7, 11) is 0. The van der Waals surface area contributed by atoms with Gasteiger partial charge in [0.2, 0.25) is 11.8 Å². The van der Waals surface area contributed by atoms with Crippen molar-refractivity contribution >= 4 is 56.8 Å². The van der Waals surface area contributed by atoms with Crippen molar-refractivity contribution in [2.75, 3.05) is 55.6 Å². The first-order chi connectivity index (χ1) is 26.2. The van der Waals surface area contributed by atoms with Gasteiger partial charge >= 0.3 is 0 Å². The third-order valence-corrected chi connectivity index (χ3v) is 11.7. The normalized spacial score (nSPS) is 20.0. The second-order valence-corrected chi connectivity index (χ2v) is 14.8. The Morgan fingerprint density at radius 3 is 2.24 bits per heavy atom. The van der Waals surface area contributed by atoms with Crippen LogP contribution in [0.5, 0.6) is 0 Å². The highest BCUT2D eigenvalue weighted by molar-refractivity contribution is 6.23. The predicted molar refractivity (Wildman–Crippen MR) is 200 cm³/mol. The van der Waals surface area contributed by atoms with Crippen molar-refractivity contribution < 1.29 is 28.0 Å². The lowest BCUT2D eigenvalue weighted by molar-refractivity contribution is -0.136. The van der Waals surface area contributed by atoms with E-state index in [0.717, 1.165) is 89.9 Å². The van der Waals surface area contributed by atoms with Crippen LogP contribution in [0.4, 0.5) is 20.2 Å². The average Bonchev–Trinajstić information content (AvgIpc) is 3.67. The van der Waals surface area contributed by atoms with Gasteiger partial charge in [-0.15, -0.1) is 0 Å². The van der Waals surface area contributed by atoms with Crippen molar-refractivity contribution in [3.63, 3.8) is 0 Å². The smallest absolute Gasteiger partial charge is 0.262 e. The fraction of sp³-hybridized carbons (Fsp3) is 0.341. The molecule has 0 spiro atoms. The number of pyridine rings is 1. The number of aromatic nitrogens is 2. The summed E-state index contributed by atoms with van der Waals surface area (Å²) < 4.78 is 31.1. The van der Waals surface area contributed by atoms with Crippen LogP contribution in [0, 0.1) is 17.6 Å². The van der Waals surface area contributed by atoms with Gasteiger partial charge in [0.05, 0.1) is 11.1 Å². The van der Waals surface area contributed by atoms with Crippen LogP contribution in [-0.2, 0) is 9.59 Å². The van der Waals surface area contributed by atoms with E-state index in [0.29, 0.717) is 24.6 Å². The number of anilines is 2. The van der Waals surface area contributed by atoms with E-state index in [9.17, 15) is 19.2 Å². The van der Waals surface area contributed by atoms with Crippen LogP contribution in [0.2, 0.25) is 0 Å². The SMILES string of the molecule is O=C1CCC(N2C(=O)c3ccc(N4CCN(CCC5CCN(c6c(F)cc(-c7ccc8c(c7)[nH]c7ccncc78)cc6F)CC5)CC4)cc3C2=O)C(=O)N1. The van der Waals surface area contributed by atoms with E-state index in [1.807, 2.05) is 41.4 Å². The zero-order valence-corrected chi connectivity index (χ0v) is 29.6. The number of nitrogens with one attached hydrogen (secondary N) is 2. The first-order valence-electron chi connectivity index (χ1n) is 18.6. The number of H-pyrrole nitrogens is 1. The number of rotatable bonds is 7. The Morgan fingerprint density at radius 2 is 1.48 bits per heavy atom. The third kappa shape index (κ3) is 6.05. The fourth-order valence-corrected chi connectivity index (χ4v) is 8.66. The molecule has 0 saturated carbocycles. The molecule has 0 aliphatic carbocycles. The Kier molecular flexibility index (Phi) is 8.60. The minimum Gasteiger partial charge on any atom is -0.369 e. The number of aromatic amines is 1. The van der Waals surface area contributed by atoms with Gasteiger partial charge in [-0.2, -0.15) is 0 Å². The Bertz CT molecular complexity index is 2320. The minimum atomic E-state index is -0.986. The van der Waals surface area contributed by atoms with Crippen LogP contribution in [0.25, 0.3) is 32.9 Å². The molecule has 6 heterocycles. The number of benzene rings is 3. The summed E-state index contributed by atoms with van der Waals surface area (Å²) in [5, 5.41) is 4.25. The van der Waals surface area contributed by atoms with Crippen LogP contribution in [0.15, 0.2) is 67.0 Å². The standard InChI is InChI=1S/C41H39F2N7O4/c42-32-19-26(25-1-3-28-31-23-44-11-7-34(31)45-35(28)21-25)20-33(43)38(32)49-13-9-24(10-14-49)8-12-47-15-17-48(18-16-47)27-2-4-29-30(22-27)41(54)50(40(29)53)36-5-6-37(51)46-39(36)52/h1-4,7,11,19-24,36,45H,5-6,8-10,12-18H2,(H,46,51,52). The number of hydrogen-bond acceptors (Lipinski definition) is 8. The molecule has 276 valence electrons. The molecule has 0 bridgehead atoms. The number of nitrogens with zero attached hydrogens (tertiary/aromatic N) is 5. The van der Waals surface area contributed by atoms with Crippen molar-refractivity contribution in [3.8, 4) is 11.1 Å². The molecule has 3 saturated heterocycles. The van der Waals surface area contributed by atoms with Gasteiger partial charge in [0, 0.05) is 85.6 Å². The molecular weight excluding hydrogens is 692 g/mol. The molecule has 1 atom stereocenters. The molecule has 4 aliphatic heterocycles. The predicted octanol–water partition coefficient (Wildman–Crippen LogP) is 5.49.